The van der Waals surface area contributed by atoms with E-state index in [1.165, 1.54) is 0 Å². The van der Waals surface area contributed by atoms with Gasteiger partial charge < -0.3 is 11.0 Å². The molecule has 34 valence electrons. The van der Waals surface area contributed by atoms with Crippen molar-refractivity contribution >= 4 is 11.0 Å². The van der Waals surface area contributed by atoms with Crippen molar-refractivity contribution in [1.82, 2.24) is 0 Å². The van der Waals surface area contributed by atoms with E-state index in [-0.39, 0.29) is 62.5 Å². The molecule has 0 aromatic heterocycles. The fourth-order valence-corrected chi connectivity index (χ4v) is 0. The van der Waals surface area contributed by atoms with Gasteiger partial charge >= 0.3 is 19.5 Å². The SMILES string of the molecule is [O-2].[O-2].[Pt].[Ru+4].[Si]. The Balaban J connectivity index is 0. The molecule has 0 saturated heterocycles. The monoisotopic (exact) mass is 357 g/mol. The summed E-state index contributed by atoms with van der Waals surface area (Å²) in [5.74, 6) is 0. The Morgan fingerprint density at radius 3 is 0.800 bits per heavy atom. The summed E-state index contributed by atoms with van der Waals surface area (Å²) in [4.78, 5) is 0. The van der Waals surface area contributed by atoms with E-state index in [0.717, 1.165) is 0 Å². The third-order valence-corrected chi connectivity index (χ3v) is 0. The Morgan fingerprint density at radius 2 is 0.800 bits per heavy atom. The van der Waals surface area contributed by atoms with Gasteiger partial charge in [0.15, 0.2) is 0 Å². The van der Waals surface area contributed by atoms with Gasteiger partial charge in [0.2, 0.25) is 0 Å². The van der Waals surface area contributed by atoms with Gasteiger partial charge in [0.1, 0.15) is 0 Å². The molecule has 2 nitrogen and oxygen atoms in total. The van der Waals surface area contributed by atoms with Gasteiger partial charge in [-0.2, -0.15) is 0 Å². The topological polar surface area (TPSA) is 57.0 Å². The first-order valence-corrected chi connectivity index (χ1v) is 0. The Labute approximate surface area is 62.4 Å². The van der Waals surface area contributed by atoms with Crippen molar-refractivity contribution in [3.63, 3.8) is 0 Å². The van der Waals surface area contributed by atoms with Gasteiger partial charge in [-0.1, -0.05) is 0 Å². The Hall–Kier alpha value is 1.45. The third kappa shape index (κ3) is 30.9. The molecule has 0 unspecified atom stereocenters. The van der Waals surface area contributed by atoms with Gasteiger partial charge in [0, 0.05) is 32.0 Å². The van der Waals surface area contributed by atoms with E-state index in [1.54, 1.807) is 0 Å². The minimum Gasteiger partial charge on any atom is -2.00 e. The molecule has 0 saturated carbocycles. The van der Waals surface area contributed by atoms with Crippen molar-refractivity contribution in [2.24, 2.45) is 0 Å². The van der Waals surface area contributed by atoms with E-state index in [2.05, 4.69) is 0 Å². The number of hydrogen-bond donors (Lipinski definition) is 0. The van der Waals surface area contributed by atoms with E-state index < -0.39 is 0 Å². The standard InChI is InChI=1S/2O.Pt.Ru.Si/q2*-2;;+4;. The summed E-state index contributed by atoms with van der Waals surface area (Å²) in [6, 6.07) is 0. The maximum Gasteiger partial charge on any atom is 4.00 e. The first-order chi connectivity index (χ1) is 0. The van der Waals surface area contributed by atoms with Crippen molar-refractivity contribution in [2.75, 3.05) is 0 Å². The first kappa shape index (κ1) is 91.2. The minimum atomic E-state index is 0. The van der Waals surface area contributed by atoms with E-state index in [0.29, 0.717) is 0 Å². The van der Waals surface area contributed by atoms with E-state index in [1.807, 2.05) is 0 Å². The Kier molecular flexibility index (Phi) is 938. The summed E-state index contributed by atoms with van der Waals surface area (Å²) in [6.07, 6.45) is 0. The van der Waals surface area contributed by atoms with Gasteiger partial charge in [-0.05, 0) is 0 Å². The maximum atomic E-state index is 0. The molecule has 0 heterocycles. The Bertz CT molecular complexity index is 9.61. The molecule has 0 atom stereocenters. The average molecular weight is 356 g/mol. The number of rotatable bonds is 0. The van der Waals surface area contributed by atoms with Crippen LogP contribution in [0.25, 0.3) is 0 Å². The second-order valence-corrected chi connectivity index (χ2v) is 0. The molecule has 0 aromatic carbocycles. The van der Waals surface area contributed by atoms with Crippen molar-refractivity contribution < 1.29 is 51.5 Å². The zero-order chi connectivity index (χ0) is 0. The molecule has 0 aliphatic heterocycles. The van der Waals surface area contributed by atoms with Crippen molar-refractivity contribution in [1.29, 1.82) is 0 Å². The van der Waals surface area contributed by atoms with Crippen LogP contribution >= 0.6 is 0 Å². The van der Waals surface area contributed by atoms with Crippen LogP contribution in [0.3, 0.4) is 0 Å². The summed E-state index contributed by atoms with van der Waals surface area (Å²) in [6.45, 7) is 0. The van der Waals surface area contributed by atoms with Crippen LogP contribution in [0, 0.1) is 0 Å². The molecule has 4 radical (unpaired) electrons. The van der Waals surface area contributed by atoms with Crippen LogP contribution in [0.15, 0.2) is 0 Å². The zero-order valence-corrected chi connectivity index (χ0v) is 7.00. The molecular weight excluding hydrogens is 356 g/mol. The molecule has 0 aromatic rings. The van der Waals surface area contributed by atoms with Gasteiger partial charge in [0.05, 0.1) is 0 Å². The van der Waals surface area contributed by atoms with Crippen LogP contribution in [-0.4, -0.2) is 11.0 Å². The second kappa shape index (κ2) is 51.4. The van der Waals surface area contributed by atoms with Crippen LogP contribution in [0.1, 0.15) is 0 Å². The largest absolute Gasteiger partial charge is 4.00 e. The maximum absolute atomic E-state index is 0. The van der Waals surface area contributed by atoms with Crippen LogP contribution in [-0.2, 0) is 51.5 Å². The molecule has 0 spiro atoms. The average Bonchev–Trinajstić information content (AvgIpc) is 0. The van der Waals surface area contributed by atoms with Crippen molar-refractivity contribution in [2.45, 2.75) is 0 Å². The molecule has 0 fully saturated rings. The molecule has 0 amide bonds. The smallest absolute Gasteiger partial charge is 2.00 e. The third-order valence-electron chi connectivity index (χ3n) is 0. The molecule has 0 bridgehead atoms. The zero-order valence-electron chi connectivity index (χ0n) is 1.99. The predicted octanol–water partition coefficient (Wildman–Crippen LogP) is -0.623. The van der Waals surface area contributed by atoms with Crippen LogP contribution in [0.4, 0.5) is 0 Å². The quantitative estimate of drug-likeness (QED) is 0.520. The van der Waals surface area contributed by atoms with Crippen LogP contribution < -0.4 is 0 Å². The summed E-state index contributed by atoms with van der Waals surface area (Å²) in [5, 5.41) is 0. The molecule has 5 heteroatoms. The minimum absolute atomic E-state index is 0. The fourth-order valence-electron chi connectivity index (χ4n) is 0. The summed E-state index contributed by atoms with van der Waals surface area (Å²) in [5.41, 5.74) is 0. The van der Waals surface area contributed by atoms with Crippen LogP contribution in [0.5, 0.6) is 0 Å². The normalized spacial score (nSPS) is 0. The van der Waals surface area contributed by atoms with Crippen molar-refractivity contribution in [3.05, 3.63) is 0 Å². The second-order valence-electron chi connectivity index (χ2n) is 0. The Morgan fingerprint density at radius 1 is 0.800 bits per heavy atom. The molecule has 5 heavy (non-hydrogen) atoms. The number of hydrogen-bond acceptors (Lipinski definition) is 0. The molecule has 0 aliphatic carbocycles. The summed E-state index contributed by atoms with van der Waals surface area (Å²) < 4.78 is 0. The van der Waals surface area contributed by atoms with E-state index >= 15 is 0 Å². The van der Waals surface area contributed by atoms with E-state index in [9.17, 15) is 0 Å². The van der Waals surface area contributed by atoms with Crippen molar-refractivity contribution in [3.8, 4) is 0 Å². The summed E-state index contributed by atoms with van der Waals surface area (Å²) >= 11 is 0. The summed E-state index contributed by atoms with van der Waals surface area (Å²) in [7, 11) is 0. The fraction of sp³-hybridized carbons (Fsp3) is 0. The van der Waals surface area contributed by atoms with E-state index in [4.69, 9.17) is 0 Å². The molecule has 0 rings (SSSR count). The van der Waals surface area contributed by atoms with Gasteiger partial charge in [-0.3, -0.25) is 0 Å². The van der Waals surface area contributed by atoms with Gasteiger partial charge in [-0.25, -0.2) is 0 Å². The first-order valence-electron chi connectivity index (χ1n) is 0. The predicted molar refractivity (Wildman–Crippen MR) is 7.13 cm³/mol. The van der Waals surface area contributed by atoms with Gasteiger partial charge in [0.25, 0.3) is 0 Å². The van der Waals surface area contributed by atoms with Gasteiger partial charge in [-0.15, -0.1) is 0 Å². The molecular formula is O2PtRuSi. The molecule has 0 aliphatic rings. The molecule has 0 N–H and O–H groups in total. The van der Waals surface area contributed by atoms with Crippen LogP contribution in [0.2, 0.25) is 0 Å².